The summed E-state index contributed by atoms with van der Waals surface area (Å²) < 4.78 is 34.0. The van der Waals surface area contributed by atoms with Crippen LogP contribution >= 0.6 is 7.82 Å². The fourth-order valence-corrected chi connectivity index (χ4v) is 9.18. The highest BCUT2D eigenvalue weighted by molar-refractivity contribution is 7.45. The van der Waals surface area contributed by atoms with Crippen molar-refractivity contribution in [3.8, 4) is 0 Å². The van der Waals surface area contributed by atoms with Crippen molar-refractivity contribution in [3.05, 3.63) is 60.8 Å². The zero-order chi connectivity index (χ0) is 52.7. The average Bonchev–Trinajstić information content (AvgIpc) is 3.34. The first-order valence-electron chi connectivity index (χ1n) is 30.0. The van der Waals surface area contributed by atoms with Crippen LogP contribution in [0.4, 0.5) is 0 Å². The molecule has 0 bridgehead atoms. The molecule has 0 aromatic heterocycles. The van der Waals surface area contributed by atoms with Gasteiger partial charge < -0.3 is 27.9 Å². The van der Waals surface area contributed by atoms with Crippen molar-refractivity contribution in [1.82, 2.24) is 0 Å². The Bertz CT molecular complexity index is 1400. The Morgan fingerprint density at radius 1 is 0.444 bits per heavy atom. The van der Waals surface area contributed by atoms with Crippen LogP contribution in [0.3, 0.4) is 0 Å². The molecule has 0 aliphatic rings. The largest absolute Gasteiger partial charge is 0.756 e. The van der Waals surface area contributed by atoms with Crippen molar-refractivity contribution < 1.29 is 42.1 Å². The average molecular weight is 1030 g/mol. The van der Waals surface area contributed by atoms with Crippen LogP contribution in [0.15, 0.2) is 60.8 Å². The number of unbranched alkanes of at least 4 members (excludes halogenated alkanes) is 31. The number of carbonyl (C=O) groups excluding carboxylic acids is 2. The Labute approximate surface area is 445 Å². The minimum absolute atomic E-state index is 0.0287. The number of allylic oxidation sites excluding steroid dienone is 10. The van der Waals surface area contributed by atoms with Crippen molar-refractivity contribution in [1.29, 1.82) is 0 Å². The fraction of sp³-hybridized carbons (Fsp3) is 0.806. The second-order valence-corrected chi connectivity index (χ2v) is 22.8. The van der Waals surface area contributed by atoms with Crippen molar-refractivity contribution in [3.63, 3.8) is 0 Å². The maximum Gasteiger partial charge on any atom is 0.306 e. The number of phosphoric acid groups is 1. The first-order valence-corrected chi connectivity index (χ1v) is 31.5. The van der Waals surface area contributed by atoms with Crippen molar-refractivity contribution in [2.75, 3.05) is 47.5 Å². The fourth-order valence-electron chi connectivity index (χ4n) is 8.45. The van der Waals surface area contributed by atoms with E-state index in [2.05, 4.69) is 74.6 Å². The minimum Gasteiger partial charge on any atom is -0.756 e. The molecule has 0 rings (SSSR count). The Balaban J connectivity index is 3.84. The van der Waals surface area contributed by atoms with E-state index in [4.69, 9.17) is 18.5 Å². The van der Waals surface area contributed by atoms with Crippen LogP contribution in [0.1, 0.15) is 271 Å². The summed E-state index contributed by atoms with van der Waals surface area (Å²) in [7, 11) is 1.18. The van der Waals surface area contributed by atoms with Crippen LogP contribution in [-0.4, -0.2) is 70.0 Å². The molecule has 0 N–H and O–H groups in total. The number of likely N-dealkylation sites (N-methyl/N-ethyl adjacent to an activating group) is 1. The van der Waals surface area contributed by atoms with E-state index in [1.807, 2.05) is 21.1 Å². The van der Waals surface area contributed by atoms with E-state index in [9.17, 15) is 19.0 Å². The van der Waals surface area contributed by atoms with Gasteiger partial charge in [-0.15, -0.1) is 0 Å². The third-order valence-electron chi connectivity index (χ3n) is 13.1. The lowest BCUT2D eigenvalue weighted by atomic mass is 10.0. The standard InChI is InChI=1S/C62H114NO8P/c1-6-8-10-12-14-16-17-18-19-20-21-22-23-24-25-26-27-28-29-30-31-32-33-34-35-36-37-38-39-40-41-42-43-44-45-47-49-51-53-55-62(65)71-60(59-70-72(66,67)69-57-56-63(3,4)5)58-68-61(64)54-52-50-48-46-15-13-11-9-7-2/h8,10,14,16,18-19,21-22,24-25,60H,6-7,9,11-13,15,17,20,23,26-59H2,1-5H3/b10-8-,16-14-,19-18-,22-21-,25-24-. The normalized spacial score (nSPS) is 13.7. The van der Waals surface area contributed by atoms with Gasteiger partial charge in [-0.1, -0.05) is 261 Å². The number of esters is 2. The van der Waals surface area contributed by atoms with E-state index in [0.29, 0.717) is 17.4 Å². The van der Waals surface area contributed by atoms with E-state index < -0.39 is 26.5 Å². The molecule has 0 radical (unpaired) electrons. The Morgan fingerprint density at radius 3 is 1.18 bits per heavy atom. The zero-order valence-electron chi connectivity index (χ0n) is 47.6. The number of nitrogens with zero attached hydrogens (tertiary/aromatic N) is 1. The molecular formula is C62H114NO8P. The van der Waals surface area contributed by atoms with E-state index in [1.165, 1.54) is 173 Å². The van der Waals surface area contributed by atoms with Crippen molar-refractivity contribution in [2.24, 2.45) is 0 Å². The van der Waals surface area contributed by atoms with Gasteiger partial charge in [0.15, 0.2) is 6.10 Å². The first-order chi connectivity index (χ1) is 35.0. The molecule has 0 saturated heterocycles. The van der Waals surface area contributed by atoms with Gasteiger partial charge in [-0.05, 0) is 57.8 Å². The molecular weight excluding hydrogens is 918 g/mol. The molecule has 0 spiro atoms. The van der Waals surface area contributed by atoms with E-state index in [-0.39, 0.29) is 32.0 Å². The molecule has 9 nitrogen and oxygen atoms in total. The first kappa shape index (κ1) is 69.7. The van der Waals surface area contributed by atoms with Gasteiger partial charge in [0.25, 0.3) is 7.82 Å². The summed E-state index contributed by atoms with van der Waals surface area (Å²) in [6, 6.07) is 0. The highest BCUT2D eigenvalue weighted by Crippen LogP contribution is 2.38. The predicted octanol–water partition coefficient (Wildman–Crippen LogP) is 18.1. The summed E-state index contributed by atoms with van der Waals surface area (Å²) in [6.07, 6.45) is 68.9. The van der Waals surface area contributed by atoms with Crippen LogP contribution < -0.4 is 4.89 Å². The second kappa shape index (κ2) is 53.5. The van der Waals surface area contributed by atoms with Crippen molar-refractivity contribution in [2.45, 2.75) is 277 Å². The monoisotopic (exact) mass is 1030 g/mol. The molecule has 0 saturated carbocycles. The summed E-state index contributed by atoms with van der Waals surface area (Å²) in [4.78, 5) is 37.6. The summed E-state index contributed by atoms with van der Waals surface area (Å²) in [5, 5.41) is 0. The van der Waals surface area contributed by atoms with E-state index in [1.54, 1.807) is 0 Å². The SMILES string of the molecule is CC/C=C\C/C=C\C/C=C\C/C=C\C/C=C\CCCCCCCCCCCCCCCCCCCCCCCCCC(=O)OC(COC(=O)CCCCCCCCCCC)COP(=O)([O-])OCC[N+](C)(C)C. The van der Waals surface area contributed by atoms with Crippen LogP contribution in [0.5, 0.6) is 0 Å². The third-order valence-corrected chi connectivity index (χ3v) is 14.0. The molecule has 0 fully saturated rings. The third kappa shape index (κ3) is 57.0. The zero-order valence-corrected chi connectivity index (χ0v) is 48.5. The van der Waals surface area contributed by atoms with Crippen LogP contribution in [-0.2, 0) is 32.7 Å². The topological polar surface area (TPSA) is 111 Å². The highest BCUT2D eigenvalue weighted by Gasteiger charge is 2.22. The Kier molecular flexibility index (Phi) is 51.8. The van der Waals surface area contributed by atoms with E-state index in [0.717, 1.165) is 64.2 Å². The van der Waals surface area contributed by atoms with Gasteiger partial charge in [0, 0.05) is 12.8 Å². The lowest BCUT2D eigenvalue weighted by molar-refractivity contribution is -0.870. The Hall–Kier alpha value is -2.29. The maximum absolute atomic E-state index is 12.7. The molecule has 2 unspecified atom stereocenters. The molecule has 0 amide bonds. The van der Waals surface area contributed by atoms with Crippen LogP contribution in [0, 0.1) is 0 Å². The number of hydrogen-bond donors (Lipinski definition) is 0. The second-order valence-electron chi connectivity index (χ2n) is 21.3. The minimum atomic E-state index is -4.62. The molecule has 2 atom stereocenters. The molecule has 10 heteroatoms. The predicted molar refractivity (Wildman–Crippen MR) is 305 cm³/mol. The van der Waals surface area contributed by atoms with Crippen LogP contribution in [0.25, 0.3) is 0 Å². The molecule has 0 aliphatic carbocycles. The molecule has 72 heavy (non-hydrogen) atoms. The summed E-state index contributed by atoms with van der Waals surface area (Å²) in [6.45, 7) is 4.12. The van der Waals surface area contributed by atoms with Gasteiger partial charge in [-0.3, -0.25) is 14.2 Å². The number of hydrogen-bond acceptors (Lipinski definition) is 8. The lowest BCUT2D eigenvalue weighted by Crippen LogP contribution is -2.37. The number of ether oxygens (including phenoxy) is 2. The molecule has 0 aromatic carbocycles. The van der Waals surface area contributed by atoms with E-state index >= 15 is 0 Å². The van der Waals surface area contributed by atoms with Gasteiger partial charge >= 0.3 is 11.9 Å². The molecule has 0 heterocycles. The highest BCUT2D eigenvalue weighted by atomic mass is 31.2. The molecule has 0 aromatic rings. The lowest BCUT2D eigenvalue weighted by Gasteiger charge is -2.28. The molecule has 0 aliphatic heterocycles. The molecule has 420 valence electrons. The Morgan fingerprint density at radius 2 is 0.792 bits per heavy atom. The number of quaternary nitrogens is 1. The van der Waals surface area contributed by atoms with Gasteiger partial charge in [-0.25, -0.2) is 0 Å². The summed E-state index contributed by atoms with van der Waals surface area (Å²) in [5.74, 6) is -0.825. The van der Waals surface area contributed by atoms with Gasteiger partial charge in [0.05, 0.1) is 27.7 Å². The number of carbonyl (C=O) groups is 2. The summed E-state index contributed by atoms with van der Waals surface area (Å²) >= 11 is 0. The summed E-state index contributed by atoms with van der Waals surface area (Å²) in [5.41, 5.74) is 0. The number of rotatable bonds is 55. The van der Waals surface area contributed by atoms with Gasteiger partial charge in [0.2, 0.25) is 0 Å². The van der Waals surface area contributed by atoms with Gasteiger partial charge in [-0.2, -0.15) is 0 Å². The van der Waals surface area contributed by atoms with Gasteiger partial charge in [0.1, 0.15) is 19.8 Å². The maximum atomic E-state index is 12.7. The number of phosphoric ester groups is 1. The quantitative estimate of drug-likeness (QED) is 0.0195. The van der Waals surface area contributed by atoms with Crippen LogP contribution in [0.2, 0.25) is 0 Å². The van der Waals surface area contributed by atoms with Crippen molar-refractivity contribution >= 4 is 19.8 Å². The smallest absolute Gasteiger partial charge is 0.306 e.